The number of amides is 1. The predicted molar refractivity (Wildman–Crippen MR) is 86.1 cm³/mol. The summed E-state index contributed by atoms with van der Waals surface area (Å²) in [4.78, 5) is 18.4. The standard InChI is InChI=1S/C15H18ClN3O2S/c1-18-7-4-17-14(18)13(20)10-2-5-19(6-3-10)15(21)11-8-12(16)22-9-11/h4,7-10,13,20H,2-3,5-6H2,1H3/t13-/m1/s1. The summed E-state index contributed by atoms with van der Waals surface area (Å²) in [6, 6.07) is 1.71. The molecule has 0 unspecified atom stereocenters. The molecule has 0 spiro atoms. The number of aliphatic hydroxyl groups excluding tert-OH is 1. The number of imidazole rings is 1. The second-order valence-electron chi connectivity index (χ2n) is 5.61. The molecule has 1 atom stereocenters. The lowest BCUT2D eigenvalue weighted by Crippen LogP contribution is -2.39. The highest BCUT2D eigenvalue weighted by Gasteiger charge is 2.30. The Bertz CT molecular complexity index is 661. The van der Waals surface area contributed by atoms with Crippen molar-refractivity contribution in [1.82, 2.24) is 14.5 Å². The van der Waals surface area contributed by atoms with Crippen LogP contribution in [-0.4, -0.2) is 38.6 Å². The Balaban J connectivity index is 1.61. The number of hydrogen-bond acceptors (Lipinski definition) is 4. The van der Waals surface area contributed by atoms with Crippen LogP contribution in [0.4, 0.5) is 0 Å². The van der Waals surface area contributed by atoms with E-state index in [2.05, 4.69) is 4.98 Å². The summed E-state index contributed by atoms with van der Waals surface area (Å²) in [6.45, 7) is 1.30. The molecule has 1 saturated heterocycles. The van der Waals surface area contributed by atoms with Gasteiger partial charge in [-0.25, -0.2) is 4.98 Å². The largest absolute Gasteiger partial charge is 0.385 e. The lowest BCUT2D eigenvalue weighted by molar-refractivity contribution is 0.0420. The fourth-order valence-corrected chi connectivity index (χ4v) is 3.75. The third-order valence-electron chi connectivity index (χ3n) is 4.21. The van der Waals surface area contributed by atoms with Crippen LogP contribution in [0.2, 0.25) is 4.34 Å². The lowest BCUT2D eigenvalue weighted by atomic mass is 9.90. The predicted octanol–water partition coefficient (Wildman–Crippen LogP) is 2.72. The van der Waals surface area contributed by atoms with Gasteiger partial charge in [0.15, 0.2) is 0 Å². The highest BCUT2D eigenvalue weighted by molar-refractivity contribution is 7.14. The molecule has 1 amide bonds. The van der Waals surface area contributed by atoms with E-state index >= 15 is 0 Å². The van der Waals surface area contributed by atoms with Crippen molar-refractivity contribution in [3.63, 3.8) is 0 Å². The maximum Gasteiger partial charge on any atom is 0.254 e. The smallest absolute Gasteiger partial charge is 0.254 e. The quantitative estimate of drug-likeness (QED) is 0.935. The summed E-state index contributed by atoms with van der Waals surface area (Å²) in [5.74, 6) is 0.846. The van der Waals surface area contributed by atoms with Crippen LogP contribution in [-0.2, 0) is 7.05 Å². The van der Waals surface area contributed by atoms with Crippen molar-refractivity contribution >= 4 is 28.8 Å². The Hall–Kier alpha value is -1.37. The van der Waals surface area contributed by atoms with Gasteiger partial charge in [0.25, 0.3) is 5.91 Å². The molecule has 1 aliphatic heterocycles. The molecule has 2 aromatic heterocycles. The molecule has 3 rings (SSSR count). The third kappa shape index (κ3) is 3.04. The van der Waals surface area contributed by atoms with E-state index in [0.717, 1.165) is 12.8 Å². The number of aryl methyl sites for hydroxylation is 1. The van der Waals surface area contributed by atoms with E-state index in [0.29, 0.717) is 28.8 Å². The second-order valence-corrected chi connectivity index (χ2v) is 7.15. The zero-order valence-corrected chi connectivity index (χ0v) is 13.8. The van der Waals surface area contributed by atoms with Crippen LogP contribution in [0, 0.1) is 5.92 Å². The van der Waals surface area contributed by atoms with Crippen LogP contribution in [0.3, 0.4) is 0 Å². The van der Waals surface area contributed by atoms with E-state index in [-0.39, 0.29) is 11.8 Å². The first-order valence-corrected chi connectivity index (χ1v) is 8.50. The van der Waals surface area contributed by atoms with Crippen LogP contribution < -0.4 is 0 Å². The molecule has 0 bridgehead atoms. The van der Waals surface area contributed by atoms with Gasteiger partial charge in [-0.2, -0.15) is 0 Å². The molecule has 0 aliphatic carbocycles. The number of halogens is 1. The zero-order chi connectivity index (χ0) is 15.7. The van der Waals surface area contributed by atoms with Crippen LogP contribution in [0.15, 0.2) is 23.8 Å². The number of carbonyl (C=O) groups is 1. The zero-order valence-electron chi connectivity index (χ0n) is 12.3. The number of piperidine rings is 1. The Morgan fingerprint density at radius 3 is 2.77 bits per heavy atom. The molecular formula is C15H18ClN3O2S. The van der Waals surface area contributed by atoms with Gasteiger partial charge in [0.1, 0.15) is 11.9 Å². The minimum absolute atomic E-state index is 0.0214. The molecule has 0 aromatic carbocycles. The number of rotatable bonds is 3. The van der Waals surface area contributed by atoms with Gasteiger partial charge in [-0.05, 0) is 24.8 Å². The van der Waals surface area contributed by atoms with E-state index in [4.69, 9.17) is 11.6 Å². The van der Waals surface area contributed by atoms with E-state index in [1.54, 1.807) is 17.6 Å². The van der Waals surface area contributed by atoms with Crippen molar-refractivity contribution in [2.24, 2.45) is 13.0 Å². The van der Waals surface area contributed by atoms with Crippen LogP contribution in [0.5, 0.6) is 0 Å². The van der Waals surface area contributed by atoms with Crippen LogP contribution >= 0.6 is 22.9 Å². The van der Waals surface area contributed by atoms with Gasteiger partial charge in [0.05, 0.1) is 9.90 Å². The number of thiophene rings is 1. The SMILES string of the molecule is Cn1ccnc1[C@H](O)C1CCN(C(=O)c2csc(Cl)c2)CC1. The first-order chi connectivity index (χ1) is 10.6. The summed E-state index contributed by atoms with van der Waals surface area (Å²) < 4.78 is 2.47. The molecule has 5 nitrogen and oxygen atoms in total. The summed E-state index contributed by atoms with van der Waals surface area (Å²) >= 11 is 7.25. The van der Waals surface area contributed by atoms with Gasteiger partial charge in [-0.1, -0.05) is 11.6 Å². The van der Waals surface area contributed by atoms with E-state index in [1.807, 2.05) is 22.7 Å². The van der Waals surface area contributed by atoms with Crippen molar-refractivity contribution < 1.29 is 9.90 Å². The highest BCUT2D eigenvalue weighted by atomic mass is 35.5. The summed E-state index contributed by atoms with van der Waals surface area (Å²) in [7, 11) is 1.88. The van der Waals surface area contributed by atoms with Gasteiger partial charge in [-0.15, -0.1) is 11.3 Å². The first kappa shape index (κ1) is 15.5. The number of likely N-dealkylation sites (tertiary alicyclic amines) is 1. The van der Waals surface area contributed by atoms with E-state index in [9.17, 15) is 9.90 Å². The monoisotopic (exact) mass is 339 g/mol. The van der Waals surface area contributed by atoms with Crippen molar-refractivity contribution in [3.05, 3.63) is 39.6 Å². The number of carbonyl (C=O) groups excluding carboxylic acids is 1. The molecule has 7 heteroatoms. The van der Waals surface area contributed by atoms with Crippen LogP contribution in [0.25, 0.3) is 0 Å². The molecule has 1 aliphatic rings. The van der Waals surface area contributed by atoms with Gasteiger partial charge in [0, 0.05) is 37.9 Å². The summed E-state index contributed by atoms with van der Waals surface area (Å²) in [6.07, 6.45) is 4.50. The maximum atomic E-state index is 12.4. The average Bonchev–Trinajstić information content (AvgIpc) is 3.14. The van der Waals surface area contributed by atoms with Crippen molar-refractivity contribution in [2.45, 2.75) is 18.9 Å². The molecular weight excluding hydrogens is 322 g/mol. The fraction of sp³-hybridized carbons (Fsp3) is 0.467. The molecule has 2 aromatic rings. The number of hydrogen-bond donors (Lipinski definition) is 1. The van der Waals surface area contributed by atoms with E-state index < -0.39 is 6.10 Å². The Kier molecular flexibility index (Phi) is 4.52. The van der Waals surface area contributed by atoms with Crippen molar-refractivity contribution in [3.8, 4) is 0 Å². The minimum atomic E-state index is -0.576. The number of aromatic nitrogens is 2. The fourth-order valence-electron chi connectivity index (χ4n) is 2.90. The maximum absolute atomic E-state index is 12.4. The molecule has 0 radical (unpaired) electrons. The Labute approximate surface area is 138 Å². The normalized spacial score (nSPS) is 17.7. The topological polar surface area (TPSA) is 58.4 Å². The van der Waals surface area contributed by atoms with E-state index in [1.165, 1.54) is 11.3 Å². The van der Waals surface area contributed by atoms with Crippen molar-refractivity contribution in [1.29, 1.82) is 0 Å². The molecule has 3 heterocycles. The highest BCUT2D eigenvalue weighted by Crippen LogP contribution is 2.30. The Morgan fingerprint density at radius 2 is 2.23 bits per heavy atom. The number of aliphatic hydroxyl groups is 1. The Morgan fingerprint density at radius 1 is 1.50 bits per heavy atom. The van der Waals surface area contributed by atoms with Gasteiger partial charge in [-0.3, -0.25) is 4.79 Å². The summed E-state index contributed by atoms with van der Waals surface area (Å²) in [5.41, 5.74) is 0.651. The van der Waals surface area contributed by atoms with Gasteiger partial charge < -0.3 is 14.6 Å². The van der Waals surface area contributed by atoms with Crippen LogP contribution in [0.1, 0.15) is 35.1 Å². The lowest BCUT2D eigenvalue weighted by Gasteiger charge is -2.33. The third-order valence-corrected chi connectivity index (χ3v) is 5.30. The van der Waals surface area contributed by atoms with Gasteiger partial charge in [0.2, 0.25) is 0 Å². The molecule has 22 heavy (non-hydrogen) atoms. The molecule has 0 saturated carbocycles. The molecule has 1 fully saturated rings. The molecule has 1 N–H and O–H groups in total. The summed E-state index contributed by atoms with van der Waals surface area (Å²) in [5, 5.41) is 12.2. The second kappa shape index (κ2) is 6.40. The average molecular weight is 340 g/mol. The molecule has 118 valence electrons. The minimum Gasteiger partial charge on any atom is -0.385 e. The first-order valence-electron chi connectivity index (χ1n) is 7.25. The number of nitrogens with zero attached hydrogens (tertiary/aromatic N) is 3. The van der Waals surface area contributed by atoms with Gasteiger partial charge >= 0.3 is 0 Å². The van der Waals surface area contributed by atoms with Crippen molar-refractivity contribution in [2.75, 3.05) is 13.1 Å².